The summed E-state index contributed by atoms with van der Waals surface area (Å²) < 4.78 is 5.40. The number of Topliss-reactive ketones (excluding diaryl/α,β-unsaturated/α-hetero) is 1. The number of imide groups is 1. The molecule has 2 fully saturated rings. The number of hydrazine groups is 1. The monoisotopic (exact) mass is 558 g/mol. The molecule has 1 aliphatic carbocycles. The summed E-state index contributed by atoms with van der Waals surface area (Å²) in [6.45, 7) is 1.39. The Morgan fingerprint density at radius 2 is 1.32 bits per heavy atom. The van der Waals surface area contributed by atoms with Gasteiger partial charge in [-0.15, -0.1) is 0 Å². The van der Waals surface area contributed by atoms with Gasteiger partial charge in [0.1, 0.15) is 12.3 Å². The molecule has 40 heavy (non-hydrogen) atoms. The van der Waals surface area contributed by atoms with Crippen molar-refractivity contribution < 1.29 is 28.7 Å². The lowest BCUT2D eigenvalue weighted by atomic mass is 9.81. The number of halogens is 1. The number of ether oxygens (including phenoxy) is 1. The molecule has 1 saturated heterocycles. The first-order valence-electron chi connectivity index (χ1n) is 13.1. The minimum Gasteiger partial charge on any atom is -0.423 e. The molecule has 9 heteroatoms. The standard InChI is InChI=1S/C31H27ClN2O6/c1-19-6-8-22(9-7-19)31(39)40-24-16-12-20(13-17-24)27(35)18-33(28(36)21-10-14-23(32)15-11-21)34-29(37)25-4-2-3-5-26(25)30(34)38/h6-17,25-26H,2-5,18H2,1H3/t25-,26-/m1/s1. The van der Waals surface area contributed by atoms with Gasteiger partial charge in [0, 0.05) is 16.1 Å². The van der Waals surface area contributed by atoms with E-state index in [0.717, 1.165) is 28.4 Å². The number of benzene rings is 3. The second-order valence-corrected chi connectivity index (χ2v) is 10.5. The lowest BCUT2D eigenvalue weighted by Gasteiger charge is -2.30. The number of fused-ring (bicyclic) bond motifs is 1. The van der Waals surface area contributed by atoms with Crippen LogP contribution in [0.25, 0.3) is 0 Å². The van der Waals surface area contributed by atoms with Crippen LogP contribution >= 0.6 is 11.6 Å². The fourth-order valence-electron chi connectivity index (χ4n) is 5.15. The molecule has 3 aromatic rings. The molecule has 0 bridgehead atoms. The minimum absolute atomic E-state index is 0.186. The highest BCUT2D eigenvalue weighted by molar-refractivity contribution is 6.30. The summed E-state index contributed by atoms with van der Waals surface area (Å²) >= 11 is 5.97. The number of aryl methyl sites for hydroxylation is 1. The van der Waals surface area contributed by atoms with E-state index in [4.69, 9.17) is 16.3 Å². The van der Waals surface area contributed by atoms with Crippen molar-refractivity contribution in [2.75, 3.05) is 6.54 Å². The fraction of sp³-hybridized carbons (Fsp3) is 0.258. The second kappa shape index (κ2) is 11.4. The number of amides is 3. The Balaban J connectivity index is 1.36. The summed E-state index contributed by atoms with van der Waals surface area (Å²) in [7, 11) is 0. The molecular weight excluding hydrogens is 532 g/mol. The summed E-state index contributed by atoms with van der Waals surface area (Å²) in [6, 6.07) is 18.9. The summed E-state index contributed by atoms with van der Waals surface area (Å²) in [4.78, 5) is 66.0. The van der Waals surface area contributed by atoms with Gasteiger partial charge in [0.15, 0.2) is 5.78 Å². The van der Waals surface area contributed by atoms with Crippen LogP contribution in [0.15, 0.2) is 72.8 Å². The lowest BCUT2D eigenvalue weighted by Crippen LogP contribution is -2.52. The molecule has 0 unspecified atom stereocenters. The van der Waals surface area contributed by atoms with Crippen molar-refractivity contribution in [3.05, 3.63) is 100 Å². The Labute approximate surface area is 236 Å². The molecule has 5 rings (SSSR count). The Morgan fingerprint density at radius 3 is 1.90 bits per heavy atom. The predicted molar refractivity (Wildman–Crippen MR) is 147 cm³/mol. The lowest BCUT2D eigenvalue weighted by molar-refractivity contribution is -0.154. The van der Waals surface area contributed by atoms with Gasteiger partial charge in [0.2, 0.25) is 0 Å². The van der Waals surface area contributed by atoms with Crippen LogP contribution in [0.1, 0.15) is 62.3 Å². The maximum absolute atomic E-state index is 13.6. The molecule has 3 amide bonds. The Kier molecular flexibility index (Phi) is 7.80. The Hall–Kier alpha value is -4.30. The van der Waals surface area contributed by atoms with E-state index in [0.29, 0.717) is 23.4 Å². The average Bonchev–Trinajstić information content (AvgIpc) is 3.22. The molecule has 8 nitrogen and oxygen atoms in total. The van der Waals surface area contributed by atoms with E-state index in [1.165, 1.54) is 48.5 Å². The quantitative estimate of drug-likeness (QED) is 0.169. The van der Waals surface area contributed by atoms with Gasteiger partial charge in [-0.1, -0.05) is 42.1 Å². The van der Waals surface area contributed by atoms with E-state index < -0.39 is 47.9 Å². The number of rotatable bonds is 7. The van der Waals surface area contributed by atoms with Gasteiger partial charge in [-0.05, 0) is 80.4 Å². The number of hydrogen-bond acceptors (Lipinski definition) is 6. The van der Waals surface area contributed by atoms with Crippen LogP contribution in [-0.4, -0.2) is 46.0 Å². The summed E-state index contributed by atoms with van der Waals surface area (Å²) in [5.41, 5.74) is 1.81. The molecule has 2 atom stereocenters. The highest BCUT2D eigenvalue weighted by atomic mass is 35.5. The van der Waals surface area contributed by atoms with Gasteiger partial charge in [-0.3, -0.25) is 19.2 Å². The molecule has 3 aromatic carbocycles. The van der Waals surface area contributed by atoms with Crippen molar-refractivity contribution in [2.45, 2.75) is 32.6 Å². The normalized spacial score (nSPS) is 18.3. The molecule has 1 aliphatic heterocycles. The van der Waals surface area contributed by atoms with Gasteiger partial charge >= 0.3 is 5.97 Å². The van der Waals surface area contributed by atoms with Crippen molar-refractivity contribution in [1.29, 1.82) is 0 Å². The molecule has 204 valence electrons. The molecule has 1 saturated carbocycles. The van der Waals surface area contributed by atoms with E-state index in [1.54, 1.807) is 24.3 Å². The van der Waals surface area contributed by atoms with Crippen LogP contribution < -0.4 is 4.74 Å². The van der Waals surface area contributed by atoms with Crippen molar-refractivity contribution in [3.8, 4) is 5.75 Å². The average molecular weight is 559 g/mol. The van der Waals surface area contributed by atoms with Crippen LogP contribution in [0, 0.1) is 18.8 Å². The predicted octanol–water partition coefficient (Wildman–Crippen LogP) is 5.28. The molecule has 2 aliphatic rings. The number of carbonyl (C=O) groups excluding carboxylic acids is 5. The van der Waals surface area contributed by atoms with Gasteiger partial charge < -0.3 is 4.74 Å². The third kappa shape index (κ3) is 5.53. The molecule has 0 radical (unpaired) electrons. The minimum atomic E-state index is -0.658. The van der Waals surface area contributed by atoms with Gasteiger partial charge in [0.25, 0.3) is 17.7 Å². The first-order valence-corrected chi connectivity index (χ1v) is 13.5. The van der Waals surface area contributed by atoms with Crippen molar-refractivity contribution in [3.63, 3.8) is 0 Å². The molecule has 1 heterocycles. The third-order valence-electron chi connectivity index (χ3n) is 7.35. The highest BCUT2D eigenvalue weighted by Crippen LogP contribution is 2.39. The zero-order valence-electron chi connectivity index (χ0n) is 21.8. The maximum atomic E-state index is 13.6. The van der Waals surface area contributed by atoms with Crippen molar-refractivity contribution in [2.24, 2.45) is 11.8 Å². The number of nitrogens with zero attached hydrogens (tertiary/aromatic N) is 2. The fourth-order valence-corrected chi connectivity index (χ4v) is 5.28. The van der Waals surface area contributed by atoms with E-state index in [2.05, 4.69) is 0 Å². The van der Waals surface area contributed by atoms with E-state index in [9.17, 15) is 24.0 Å². The van der Waals surface area contributed by atoms with Crippen molar-refractivity contribution >= 4 is 41.1 Å². The summed E-state index contributed by atoms with van der Waals surface area (Å²) in [5.74, 6) is -3.33. The largest absolute Gasteiger partial charge is 0.423 e. The summed E-state index contributed by atoms with van der Waals surface area (Å²) in [6.07, 6.45) is 2.81. The number of esters is 1. The highest BCUT2D eigenvalue weighted by Gasteiger charge is 2.51. The zero-order chi connectivity index (χ0) is 28.4. The van der Waals surface area contributed by atoms with E-state index >= 15 is 0 Å². The number of ketones is 1. The number of hydrogen-bond donors (Lipinski definition) is 0. The molecular formula is C31H27ClN2O6. The van der Waals surface area contributed by atoms with Crippen LogP contribution in [0.2, 0.25) is 5.02 Å². The Morgan fingerprint density at radius 1 is 0.800 bits per heavy atom. The first kappa shape index (κ1) is 27.3. The van der Waals surface area contributed by atoms with Crippen molar-refractivity contribution in [1.82, 2.24) is 10.0 Å². The van der Waals surface area contributed by atoms with Gasteiger partial charge in [-0.2, -0.15) is 5.01 Å². The summed E-state index contributed by atoms with van der Waals surface area (Å²) in [5, 5.41) is 2.23. The topological polar surface area (TPSA) is 101 Å². The number of carbonyl (C=O) groups is 5. The zero-order valence-corrected chi connectivity index (χ0v) is 22.6. The Bertz CT molecular complexity index is 1440. The van der Waals surface area contributed by atoms with Gasteiger partial charge in [0.05, 0.1) is 17.4 Å². The second-order valence-electron chi connectivity index (χ2n) is 10.1. The molecule has 0 spiro atoms. The van der Waals surface area contributed by atoms with Crippen LogP contribution in [0.4, 0.5) is 0 Å². The maximum Gasteiger partial charge on any atom is 0.343 e. The first-order chi connectivity index (χ1) is 19.2. The van der Waals surface area contributed by atoms with E-state index in [-0.39, 0.29) is 16.9 Å². The SMILES string of the molecule is Cc1ccc(C(=O)Oc2ccc(C(=O)CN(C(=O)c3ccc(Cl)cc3)N3C(=O)[C@@H]4CCCC[C@H]4C3=O)cc2)cc1. The van der Waals surface area contributed by atoms with Crippen LogP contribution in [0.3, 0.4) is 0 Å². The van der Waals surface area contributed by atoms with Gasteiger partial charge in [-0.25, -0.2) is 9.80 Å². The molecule has 0 aromatic heterocycles. The third-order valence-corrected chi connectivity index (χ3v) is 7.60. The molecule has 0 N–H and O–H groups in total. The van der Waals surface area contributed by atoms with Crippen LogP contribution in [-0.2, 0) is 9.59 Å². The van der Waals surface area contributed by atoms with E-state index in [1.807, 2.05) is 6.92 Å². The smallest absolute Gasteiger partial charge is 0.343 e. The van der Waals surface area contributed by atoms with Crippen LogP contribution in [0.5, 0.6) is 5.75 Å².